The zero-order chi connectivity index (χ0) is 27.7. The molecule has 0 saturated carbocycles. The minimum atomic E-state index is -1.48. The molecule has 9 heteroatoms. The van der Waals surface area contributed by atoms with Crippen LogP contribution in [0.4, 0.5) is 10.6 Å². The van der Waals surface area contributed by atoms with E-state index < -0.39 is 13.7 Å². The molecule has 0 unspecified atom stereocenters. The van der Waals surface area contributed by atoms with E-state index in [-0.39, 0.29) is 12.1 Å². The number of pyridine rings is 1. The van der Waals surface area contributed by atoms with E-state index in [2.05, 4.69) is 36.4 Å². The fourth-order valence-corrected chi connectivity index (χ4v) is 4.92. The Morgan fingerprint density at radius 1 is 1.16 bits per heavy atom. The molecule has 1 aliphatic rings. The molecular formula is C29H39N5O3Si. The fraction of sp³-hybridized carbons (Fsp3) is 0.483. The minimum absolute atomic E-state index is 0.0920. The van der Waals surface area contributed by atoms with Crippen LogP contribution in [0.15, 0.2) is 30.3 Å². The van der Waals surface area contributed by atoms with Gasteiger partial charge in [0.25, 0.3) is 0 Å². The first-order valence-corrected chi connectivity index (χ1v) is 16.6. The number of nitrogens with zero attached hydrogens (tertiary/aromatic N) is 4. The number of ether oxygens (including phenoxy) is 2. The predicted octanol–water partition coefficient (Wildman–Crippen LogP) is 5.68. The summed E-state index contributed by atoms with van der Waals surface area (Å²) in [5.41, 5.74) is 6.30. The first-order valence-electron chi connectivity index (χ1n) is 13.1. The van der Waals surface area contributed by atoms with Gasteiger partial charge in [-0.2, -0.15) is 0 Å². The quantitative estimate of drug-likeness (QED) is 0.343. The standard InChI is InChI=1S/C29H39N5O3Si/c1-29(2,3)37-28(35)34-16-9-10-21(19-34)30-25-14-13-23-26(31-25)32-27(33(23)4)22-12-11-20(18-24(22)36-5)15-17-38(6,7)8/h11-14,18,21H,9-10,16,19H2,1-8H3,(H,30,31)/t21-/m1/s1. The number of methoxy groups -OCH3 is 1. The summed E-state index contributed by atoms with van der Waals surface area (Å²) < 4.78 is 13.3. The van der Waals surface area contributed by atoms with Gasteiger partial charge in [0, 0.05) is 31.7 Å². The van der Waals surface area contributed by atoms with Crippen LogP contribution in [-0.2, 0) is 11.8 Å². The van der Waals surface area contributed by atoms with Gasteiger partial charge in [-0.25, -0.2) is 14.8 Å². The molecule has 1 fully saturated rings. The van der Waals surface area contributed by atoms with E-state index in [4.69, 9.17) is 19.4 Å². The molecule has 8 nitrogen and oxygen atoms in total. The van der Waals surface area contributed by atoms with Crippen LogP contribution < -0.4 is 10.1 Å². The molecule has 0 aliphatic carbocycles. The monoisotopic (exact) mass is 533 g/mol. The van der Waals surface area contributed by atoms with Gasteiger partial charge in [-0.3, -0.25) is 0 Å². The summed E-state index contributed by atoms with van der Waals surface area (Å²) >= 11 is 0. The third-order valence-corrected chi connectivity index (χ3v) is 7.07. The first-order chi connectivity index (χ1) is 17.8. The smallest absolute Gasteiger partial charge is 0.410 e. The number of aromatic nitrogens is 3. The van der Waals surface area contributed by atoms with E-state index >= 15 is 0 Å². The molecule has 0 spiro atoms. The summed E-state index contributed by atoms with van der Waals surface area (Å²) in [7, 11) is 2.18. The molecule has 0 bridgehead atoms. The molecule has 1 saturated heterocycles. The average Bonchev–Trinajstić information content (AvgIpc) is 3.16. The molecular weight excluding hydrogens is 494 g/mol. The van der Waals surface area contributed by atoms with Gasteiger partial charge in [-0.05, 0) is 63.9 Å². The molecule has 1 N–H and O–H groups in total. The van der Waals surface area contributed by atoms with Crippen LogP contribution in [0.2, 0.25) is 19.6 Å². The first kappa shape index (κ1) is 27.5. The second kappa shape index (κ2) is 10.7. The van der Waals surface area contributed by atoms with Crippen LogP contribution in [0, 0.1) is 11.5 Å². The van der Waals surface area contributed by atoms with Crippen molar-refractivity contribution in [2.75, 3.05) is 25.5 Å². The van der Waals surface area contributed by atoms with Crippen molar-refractivity contribution in [2.45, 2.75) is 64.9 Å². The summed E-state index contributed by atoms with van der Waals surface area (Å²) in [4.78, 5) is 24.0. The number of nitrogens with one attached hydrogen (secondary N) is 1. The molecule has 1 aromatic carbocycles. The topological polar surface area (TPSA) is 81.5 Å². The van der Waals surface area contributed by atoms with Crippen LogP contribution in [-0.4, -0.2) is 65.4 Å². The van der Waals surface area contributed by atoms with E-state index in [0.717, 1.165) is 46.9 Å². The Balaban J connectivity index is 1.55. The molecule has 1 atom stereocenters. The third kappa shape index (κ3) is 6.67. The number of carbonyl (C=O) groups is 1. The van der Waals surface area contributed by atoms with Crippen molar-refractivity contribution in [2.24, 2.45) is 7.05 Å². The van der Waals surface area contributed by atoms with Crippen LogP contribution in [0.3, 0.4) is 0 Å². The molecule has 4 rings (SSSR count). The maximum atomic E-state index is 12.5. The number of hydrogen-bond acceptors (Lipinski definition) is 6. The lowest BCUT2D eigenvalue weighted by Crippen LogP contribution is -2.47. The highest BCUT2D eigenvalue weighted by atomic mass is 28.3. The highest BCUT2D eigenvalue weighted by Crippen LogP contribution is 2.32. The van der Waals surface area contributed by atoms with Gasteiger partial charge in [0.2, 0.25) is 0 Å². The Bertz CT molecular complexity index is 1390. The summed E-state index contributed by atoms with van der Waals surface area (Å²) in [6.07, 6.45) is 1.59. The summed E-state index contributed by atoms with van der Waals surface area (Å²) in [5, 5.41) is 3.50. The van der Waals surface area contributed by atoms with Crippen molar-refractivity contribution in [1.82, 2.24) is 19.4 Å². The predicted molar refractivity (Wildman–Crippen MR) is 155 cm³/mol. The highest BCUT2D eigenvalue weighted by Gasteiger charge is 2.28. The number of hydrogen-bond donors (Lipinski definition) is 1. The molecule has 0 radical (unpaired) electrons. The van der Waals surface area contributed by atoms with Crippen LogP contribution in [0.5, 0.6) is 5.75 Å². The van der Waals surface area contributed by atoms with Crippen molar-refractivity contribution < 1.29 is 14.3 Å². The lowest BCUT2D eigenvalue weighted by atomic mass is 10.1. The Morgan fingerprint density at radius 3 is 2.61 bits per heavy atom. The van der Waals surface area contributed by atoms with Gasteiger partial charge in [0.15, 0.2) is 5.65 Å². The summed E-state index contributed by atoms with van der Waals surface area (Å²) in [6.45, 7) is 13.6. The number of carbonyl (C=O) groups excluding carboxylic acids is 1. The zero-order valence-corrected chi connectivity index (χ0v) is 24.8. The van der Waals surface area contributed by atoms with E-state index in [1.807, 2.05) is 62.7 Å². The lowest BCUT2D eigenvalue weighted by Gasteiger charge is -2.34. The number of benzene rings is 1. The van der Waals surface area contributed by atoms with Crippen molar-refractivity contribution in [3.05, 3.63) is 35.9 Å². The number of imidazole rings is 1. The second-order valence-corrected chi connectivity index (χ2v) is 16.6. The second-order valence-electron chi connectivity index (χ2n) is 11.9. The Labute approximate surface area is 226 Å². The maximum Gasteiger partial charge on any atom is 0.410 e. The van der Waals surface area contributed by atoms with E-state index in [9.17, 15) is 4.79 Å². The third-order valence-electron chi connectivity index (χ3n) is 6.19. The molecule has 3 heterocycles. The molecule has 1 amide bonds. The van der Waals surface area contributed by atoms with Gasteiger partial charge < -0.3 is 24.3 Å². The molecule has 202 valence electrons. The SMILES string of the molecule is COc1cc(C#C[Si](C)(C)C)ccc1-c1nc2nc(N[C@@H]3CCCN(C(=O)OC(C)(C)C)C3)ccc2n1C. The zero-order valence-electron chi connectivity index (χ0n) is 23.8. The highest BCUT2D eigenvalue weighted by molar-refractivity contribution is 6.83. The number of amides is 1. The number of piperidine rings is 1. The summed E-state index contributed by atoms with van der Waals surface area (Å²) in [5.74, 6) is 5.54. The Kier molecular flexibility index (Phi) is 7.74. The number of anilines is 1. The van der Waals surface area contributed by atoms with Crippen molar-refractivity contribution >= 4 is 31.1 Å². The van der Waals surface area contributed by atoms with Crippen LogP contribution >= 0.6 is 0 Å². The van der Waals surface area contributed by atoms with Gasteiger partial charge >= 0.3 is 6.09 Å². The number of fused-ring (bicyclic) bond motifs is 1. The summed E-state index contributed by atoms with van der Waals surface area (Å²) in [6, 6.07) is 10.1. The fourth-order valence-electron chi connectivity index (χ4n) is 4.41. The van der Waals surface area contributed by atoms with E-state index in [1.165, 1.54) is 0 Å². The number of rotatable bonds is 4. The van der Waals surface area contributed by atoms with Gasteiger partial charge in [-0.15, -0.1) is 5.54 Å². The normalized spacial score (nSPS) is 16.1. The molecule has 38 heavy (non-hydrogen) atoms. The average molecular weight is 534 g/mol. The molecule has 2 aromatic heterocycles. The Hall–Kier alpha value is -3.51. The van der Waals surface area contributed by atoms with E-state index in [1.54, 1.807) is 12.0 Å². The lowest BCUT2D eigenvalue weighted by molar-refractivity contribution is 0.0206. The van der Waals surface area contributed by atoms with Crippen molar-refractivity contribution in [1.29, 1.82) is 0 Å². The number of aryl methyl sites for hydroxylation is 1. The number of likely N-dealkylation sites (tertiary alicyclic amines) is 1. The van der Waals surface area contributed by atoms with Gasteiger partial charge in [0.1, 0.15) is 31.1 Å². The molecule has 1 aliphatic heterocycles. The van der Waals surface area contributed by atoms with Crippen molar-refractivity contribution in [3.63, 3.8) is 0 Å². The maximum absolute atomic E-state index is 12.5. The van der Waals surface area contributed by atoms with Crippen LogP contribution in [0.25, 0.3) is 22.6 Å². The van der Waals surface area contributed by atoms with E-state index in [0.29, 0.717) is 18.7 Å². The van der Waals surface area contributed by atoms with Gasteiger partial charge in [-0.1, -0.05) is 25.6 Å². The molecule has 3 aromatic rings. The van der Waals surface area contributed by atoms with Crippen LogP contribution in [0.1, 0.15) is 39.2 Å². The minimum Gasteiger partial charge on any atom is -0.496 e. The van der Waals surface area contributed by atoms with Crippen molar-refractivity contribution in [3.8, 4) is 28.6 Å². The van der Waals surface area contributed by atoms with Gasteiger partial charge in [0.05, 0.1) is 18.2 Å². The Morgan fingerprint density at radius 2 is 1.92 bits per heavy atom. The largest absolute Gasteiger partial charge is 0.496 e.